The fraction of sp³-hybridized carbons (Fsp3) is 0.500. The van der Waals surface area contributed by atoms with E-state index in [1.807, 2.05) is 31.2 Å². The maximum Gasteiger partial charge on any atom is 0.224 e. The zero-order valence-electron chi connectivity index (χ0n) is 12.1. The standard InChI is InChI=1S/C14H22N2O3.ClH/c1-10(8-15)14(17)16-9-11(2)19-13-7-5-4-6-12(13)18-3;/h4-7,10-11H,8-9,15H2,1-3H3,(H,16,17);1H. The van der Waals surface area contributed by atoms with Crippen LogP contribution in [0.2, 0.25) is 0 Å². The lowest BCUT2D eigenvalue weighted by molar-refractivity contribution is -0.124. The number of rotatable bonds is 7. The van der Waals surface area contributed by atoms with Crippen molar-refractivity contribution in [1.82, 2.24) is 5.32 Å². The van der Waals surface area contributed by atoms with Crippen LogP contribution < -0.4 is 20.5 Å². The van der Waals surface area contributed by atoms with Gasteiger partial charge in [0.1, 0.15) is 6.10 Å². The summed E-state index contributed by atoms with van der Waals surface area (Å²) >= 11 is 0. The smallest absolute Gasteiger partial charge is 0.224 e. The molecule has 1 aromatic rings. The fourth-order valence-corrected chi connectivity index (χ4v) is 1.50. The van der Waals surface area contributed by atoms with Crippen LogP contribution in [0.5, 0.6) is 11.5 Å². The number of hydrogen-bond donors (Lipinski definition) is 2. The fourth-order valence-electron chi connectivity index (χ4n) is 1.50. The molecule has 1 rings (SSSR count). The Morgan fingerprint density at radius 2 is 1.90 bits per heavy atom. The minimum Gasteiger partial charge on any atom is -0.493 e. The summed E-state index contributed by atoms with van der Waals surface area (Å²) in [6.07, 6.45) is -0.148. The second kappa shape index (κ2) is 9.44. The van der Waals surface area contributed by atoms with Crippen LogP contribution in [0.4, 0.5) is 0 Å². The number of hydrogen-bond acceptors (Lipinski definition) is 4. The molecule has 0 aliphatic carbocycles. The molecule has 0 heterocycles. The van der Waals surface area contributed by atoms with Gasteiger partial charge in [-0.3, -0.25) is 4.79 Å². The van der Waals surface area contributed by atoms with E-state index in [-0.39, 0.29) is 30.3 Å². The number of methoxy groups -OCH3 is 1. The lowest BCUT2D eigenvalue weighted by atomic mass is 10.1. The van der Waals surface area contributed by atoms with E-state index >= 15 is 0 Å². The summed E-state index contributed by atoms with van der Waals surface area (Å²) in [6.45, 7) is 4.45. The minimum absolute atomic E-state index is 0. The summed E-state index contributed by atoms with van der Waals surface area (Å²) in [5.74, 6) is 1.10. The maximum absolute atomic E-state index is 11.6. The zero-order valence-corrected chi connectivity index (χ0v) is 12.9. The maximum atomic E-state index is 11.6. The third-order valence-electron chi connectivity index (χ3n) is 2.76. The number of ether oxygens (including phenoxy) is 2. The summed E-state index contributed by atoms with van der Waals surface area (Å²) in [5.41, 5.74) is 5.43. The number of nitrogens with two attached hydrogens (primary N) is 1. The average Bonchev–Trinajstić information content (AvgIpc) is 2.44. The van der Waals surface area contributed by atoms with Gasteiger partial charge in [-0.2, -0.15) is 0 Å². The molecule has 0 bridgehead atoms. The van der Waals surface area contributed by atoms with E-state index in [4.69, 9.17) is 15.2 Å². The Morgan fingerprint density at radius 1 is 1.30 bits per heavy atom. The van der Waals surface area contributed by atoms with E-state index in [0.29, 0.717) is 24.6 Å². The summed E-state index contributed by atoms with van der Waals surface area (Å²) in [7, 11) is 1.59. The van der Waals surface area contributed by atoms with Crippen LogP contribution in [-0.2, 0) is 4.79 Å². The van der Waals surface area contributed by atoms with E-state index in [1.54, 1.807) is 14.0 Å². The van der Waals surface area contributed by atoms with Gasteiger partial charge in [0.05, 0.1) is 13.7 Å². The number of amides is 1. The van der Waals surface area contributed by atoms with Crippen molar-refractivity contribution in [1.29, 1.82) is 0 Å². The van der Waals surface area contributed by atoms with Gasteiger partial charge in [-0.1, -0.05) is 19.1 Å². The van der Waals surface area contributed by atoms with Gasteiger partial charge in [0.2, 0.25) is 5.91 Å². The molecule has 0 radical (unpaired) electrons. The number of carbonyl (C=O) groups is 1. The Hall–Kier alpha value is -1.46. The molecular formula is C14H23ClN2O3. The van der Waals surface area contributed by atoms with E-state index in [2.05, 4.69) is 5.32 Å². The highest BCUT2D eigenvalue weighted by Crippen LogP contribution is 2.26. The first-order valence-electron chi connectivity index (χ1n) is 6.36. The Bertz CT molecular complexity index is 415. The average molecular weight is 303 g/mol. The van der Waals surface area contributed by atoms with Crippen LogP contribution >= 0.6 is 12.4 Å². The number of carbonyl (C=O) groups excluding carboxylic acids is 1. The quantitative estimate of drug-likeness (QED) is 0.802. The Balaban J connectivity index is 0.00000361. The van der Waals surface area contributed by atoms with Crippen LogP contribution in [0.15, 0.2) is 24.3 Å². The van der Waals surface area contributed by atoms with Gasteiger partial charge in [0.25, 0.3) is 0 Å². The molecule has 0 fully saturated rings. The molecule has 0 saturated carbocycles. The van der Waals surface area contributed by atoms with Crippen LogP contribution in [-0.4, -0.2) is 32.2 Å². The third-order valence-corrected chi connectivity index (χ3v) is 2.76. The highest BCUT2D eigenvalue weighted by atomic mass is 35.5. The minimum atomic E-state index is -0.182. The highest BCUT2D eigenvalue weighted by Gasteiger charge is 2.13. The second-order valence-corrected chi connectivity index (χ2v) is 4.46. The molecule has 2 atom stereocenters. The Labute approximate surface area is 126 Å². The van der Waals surface area contributed by atoms with Crippen molar-refractivity contribution in [3.63, 3.8) is 0 Å². The molecule has 114 valence electrons. The van der Waals surface area contributed by atoms with Crippen molar-refractivity contribution in [2.75, 3.05) is 20.2 Å². The molecule has 1 aromatic carbocycles. The van der Waals surface area contributed by atoms with E-state index in [0.717, 1.165) is 0 Å². The molecule has 0 spiro atoms. The van der Waals surface area contributed by atoms with E-state index in [1.165, 1.54) is 0 Å². The van der Waals surface area contributed by atoms with Gasteiger partial charge in [-0.05, 0) is 19.1 Å². The van der Waals surface area contributed by atoms with Crippen molar-refractivity contribution in [2.45, 2.75) is 20.0 Å². The monoisotopic (exact) mass is 302 g/mol. The normalized spacial score (nSPS) is 12.8. The van der Waals surface area contributed by atoms with Crippen molar-refractivity contribution in [3.8, 4) is 11.5 Å². The van der Waals surface area contributed by atoms with Crippen LogP contribution in [0.1, 0.15) is 13.8 Å². The van der Waals surface area contributed by atoms with E-state index in [9.17, 15) is 4.79 Å². The summed E-state index contributed by atoms with van der Waals surface area (Å²) < 4.78 is 10.9. The molecule has 20 heavy (non-hydrogen) atoms. The largest absolute Gasteiger partial charge is 0.493 e. The van der Waals surface area contributed by atoms with Gasteiger partial charge < -0.3 is 20.5 Å². The van der Waals surface area contributed by atoms with Crippen molar-refractivity contribution in [2.24, 2.45) is 11.7 Å². The SMILES string of the molecule is COc1ccccc1OC(C)CNC(=O)C(C)CN.Cl. The summed E-state index contributed by atoms with van der Waals surface area (Å²) in [4.78, 5) is 11.6. The number of nitrogens with one attached hydrogen (secondary N) is 1. The molecular weight excluding hydrogens is 280 g/mol. The summed E-state index contributed by atoms with van der Waals surface area (Å²) in [5, 5.41) is 2.81. The molecule has 2 unspecified atom stereocenters. The Morgan fingerprint density at radius 3 is 2.45 bits per heavy atom. The number of para-hydroxylation sites is 2. The van der Waals surface area contributed by atoms with Gasteiger partial charge in [-0.15, -0.1) is 12.4 Å². The first-order chi connectivity index (χ1) is 9.08. The van der Waals surface area contributed by atoms with Gasteiger partial charge >= 0.3 is 0 Å². The van der Waals surface area contributed by atoms with Gasteiger partial charge in [0, 0.05) is 12.5 Å². The topological polar surface area (TPSA) is 73.6 Å². The Kier molecular flexibility index (Phi) is 8.76. The van der Waals surface area contributed by atoms with Crippen LogP contribution in [0.25, 0.3) is 0 Å². The first kappa shape index (κ1) is 18.5. The highest BCUT2D eigenvalue weighted by molar-refractivity contribution is 5.85. The predicted molar refractivity (Wildman–Crippen MR) is 81.6 cm³/mol. The lowest BCUT2D eigenvalue weighted by Crippen LogP contribution is -2.38. The van der Waals surface area contributed by atoms with Crippen molar-refractivity contribution in [3.05, 3.63) is 24.3 Å². The molecule has 0 saturated heterocycles. The van der Waals surface area contributed by atoms with E-state index < -0.39 is 0 Å². The van der Waals surface area contributed by atoms with Crippen molar-refractivity contribution >= 4 is 18.3 Å². The van der Waals surface area contributed by atoms with Crippen LogP contribution in [0, 0.1) is 5.92 Å². The molecule has 3 N–H and O–H groups in total. The molecule has 0 aromatic heterocycles. The molecule has 0 aliphatic rings. The van der Waals surface area contributed by atoms with Gasteiger partial charge in [-0.25, -0.2) is 0 Å². The molecule has 0 aliphatic heterocycles. The third kappa shape index (κ3) is 5.67. The lowest BCUT2D eigenvalue weighted by Gasteiger charge is -2.18. The zero-order chi connectivity index (χ0) is 14.3. The van der Waals surface area contributed by atoms with Crippen LogP contribution in [0.3, 0.4) is 0 Å². The molecule has 1 amide bonds. The first-order valence-corrected chi connectivity index (χ1v) is 6.36. The summed E-state index contributed by atoms with van der Waals surface area (Å²) in [6, 6.07) is 7.41. The molecule has 6 heteroatoms. The second-order valence-electron chi connectivity index (χ2n) is 4.46. The number of benzene rings is 1. The van der Waals surface area contributed by atoms with Gasteiger partial charge in [0.15, 0.2) is 11.5 Å². The van der Waals surface area contributed by atoms with Crippen molar-refractivity contribution < 1.29 is 14.3 Å². The predicted octanol–water partition coefficient (Wildman–Crippen LogP) is 1.60. The number of halogens is 1. The molecule has 5 nitrogen and oxygen atoms in total.